The molecule has 0 saturated carbocycles. The van der Waals surface area contributed by atoms with Crippen molar-refractivity contribution in [1.82, 2.24) is 10.3 Å². The van der Waals surface area contributed by atoms with Gasteiger partial charge in [-0.05, 0) is 25.5 Å². The quantitative estimate of drug-likeness (QED) is 0.849. The van der Waals surface area contributed by atoms with Crippen molar-refractivity contribution in [2.24, 2.45) is 0 Å². The number of piperazine rings is 1. The number of carboxylic acid groups (broad SMARTS) is 1. The smallest absolute Gasteiger partial charge is 0.337 e. The van der Waals surface area contributed by atoms with Gasteiger partial charge in [-0.2, -0.15) is 0 Å². The minimum Gasteiger partial charge on any atom is -0.478 e. The molecule has 1 aromatic rings. The lowest BCUT2D eigenvalue weighted by atomic mass is 10.1. The number of hydrogen-bond donors (Lipinski definition) is 2. The Morgan fingerprint density at radius 3 is 2.89 bits per heavy atom. The molecule has 18 heavy (non-hydrogen) atoms. The Bertz CT molecular complexity index is 439. The Morgan fingerprint density at radius 2 is 2.33 bits per heavy atom. The van der Waals surface area contributed by atoms with Gasteiger partial charge in [-0.3, -0.25) is 0 Å². The number of rotatable bonds is 2. The Kier molecular flexibility index (Phi) is 4.93. The first-order chi connectivity index (χ1) is 8.08. The summed E-state index contributed by atoms with van der Waals surface area (Å²) in [6, 6.07) is 2.11. The molecule has 6 heteroatoms. The van der Waals surface area contributed by atoms with Crippen molar-refractivity contribution >= 4 is 24.2 Å². The fourth-order valence-electron chi connectivity index (χ4n) is 2.14. The molecule has 0 aromatic carbocycles. The lowest BCUT2D eigenvalue weighted by Gasteiger charge is -2.33. The zero-order chi connectivity index (χ0) is 12.4. The van der Waals surface area contributed by atoms with Gasteiger partial charge in [0.2, 0.25) is 0 Å². The van der Waals surface area contributed by atoms with Gasteiger partial charge in [0, 0.05) is 31.9 Å². The Hall–Kier alpha value is -1.33. The van der Waals surface area contributed by atoms with Crippen LogP contribution < -0.4 is 10.2 Å². The molecule has 2 rings (SSSR count). The van der Waals surface area contributed by atoms with Crippen molar-refractivity contribution in [3.05, 3.63) is 23.4 Å². The first kappa shape index (κ1) is 14.7. The number of aromatic nitrogens is 1. The summed E-state index contributed by atoms with van der Waals surface area (Å²) in [6.07, 6.45) is 1.43. The number of aromatic carboxylic acids is 1. The minimum atomic E-state index is -0.930. The standard InChI is InChI=1S/C12H17N3O2.ClH/c1-8-5-10(12(16)17)6-14-11(8)15-4-3-13-9(2)7-15;/h5-6,9,13H,3-4,7H2,1-2H3,(H,16,17);1H. The van der Waals surface area contributed by atoms with Crippen molar-refractivity contribution in [2.75, 3.05) is 24.5 Å². The molecule has 1 fully saturated rings. The molecule has 2 N–H and O–H groups in total. The van der Waals surface area contributed by atoms with Gasteiger partial charge in [-0.1, -0.05) is 0 Å². The van der Waals surface area contributed by atoms with Crippen LogP contribution in [-0.2, 0) is 0 Å². The van der Waals surface area contributed by atoms with Gasteiger partial charge >= 0.3 is 5.97 Å². The van der Waals surface area contributed by atoms with E-state index >= 15 is 0 Å². The van der Waals surface area contributed by atoms with E-state index in [0.717, 1.165) is 31.0 Å². The average molecular weight is 272 g/mol. The lowest BCUT2D eigenvalue weighted by Crippen LogP contribution is -2.49. The first-order valence-corrected chi connectivity index (χ1v) is 5.76. The predicted molar refractivity (Wildman–Crippen MR) is 72.9 cm³/mol. The number of nitrogens with zero attached hydrogens (tertiary/aromatic N) is 2. The maximum absolute atomic E-state index is 10.8. The van der Waals surface area contributed by atoms with Crippen LogP contribution in [-0.4, -0.2) is 41.7 Å². The average Bonchev–Trinajstić information content (AvgIpc) is 2.28. The first-order valence-electron chi connectivity index (χ1n) is 5.76. The van der Waals surface area contributed by atoms with Crippen LogP contribution in [0.4, 0.5) is 5.82 Å². The normalized spacial score (nSPS) is 19.2. The number of aryl methyl sites for hydroxylation is 1. The number of nitrogens with one attached hydrogen (secondary N) is 1. The van der Waals surface area contributed by atoms with Crippen LogP contribution in [0.1, 0.15) is 22.8 Å². The monoisotopic (exact) mass is 271 g/mol. The summed E-state index contributed by atoms with van der Waals surface area (Å²) < 4.78 is 0. The number of carbonyl (C=O) groups is 1. The maximum Gasteiger partial charge on any atom is 0.337 e. The lowest BCUT2D eigenvalue weighted by molar-refractivity contribution is 0.0696. The number of pyridine rings is 1. The Morgan fingerprint density at radius 1 is 1.61 bits per heavy atom. The molecule has 1 unspecified atom stereocenters. The van der Waals surface area contributed by atoms with Crippen molar-refractivity contribution < 1.29 is 9.90 Å². The van der Waals surface area contributed by atoms with Crippen LogP contribution in [0.25, 0.3) is 0 Å². The largest absolute Gasteiger partial charge is 0.478 e. The zero-order valence-electron chi connectivity index (χ0n) is 10.5. The zero-order valence-corrected chi connectivity index (χ0v) is 11.3. The number of halogens is 1. The minimum absolute atomic E-state index is 0. The van der Waals surface area contributed by atoms with Gasteiger partial charge in [-0.15, -0.1) is 12.4 Å². The van der Waals surface area contributed by atoms with E-state index in [1.807, 2.05) is 6.92 Å². The van der Waals surface area contributed by atoms with E-state index < -0.39 is 5.97 Å². The molecule has 1 aliphatic rings. The van der Waals surface area contributed by atoms with E-state index in [-0.39, 0.29) is 18.0 Å². The number of carboxylic acids is 1. The molecule has 5 nitrogen and oxygen atoms in total. The van der Waals surface area contributed by atoms with Gasteiger partial charge < -0.3 is 15.3 Å². The van der Waals surface area contributed by atoms with Crippen LogP contribution in [0.15, 0.2) is 12.3 Å². The number of anilines is 1. The van der Waals surface area contributed by atoms with Crippen molar-refractivity contribution in [3.8, 4) is 0 Å². The van der Waals surface area contributed by atoms with Gasteiger partial charge in [0.1, 0.15) is 5.82 Å². The Labute approximate surface area is 113 Å². The van der Waals surface area contributed by atoms with Gasteiger partial charge in [0.15, 0.2) is 0 Å². The third kappa shape index (κ3) is 3.11. The van der Waals surface area contributed by atoms with Crippen molar-refractivity contribution in [1.29, 1.82) is 0 Å². The second-order valence-electron chi connectivity index (χ2n) is 4.47. The summed E-state index contributed by atoms with van der Waals surface area (Å²) in [5.41, 5.74) is 1.16. The van der Waals surface area contributed by atoms with E-state index in [1.54, 1.807) is 6.07 Å². The highest BCUT2D eigenvalue weighted by atomic mass is 35.5. The van der Waals surface area contributed by atoms with Crippen LogP contribution in [0.5, 0.6) is 0 Å². The van der Waals surface area contributed by atoms with Crippen molar-refractivity contribution in [2.45, 2.75) is 19.9 Å². The molecule has 2 heterocycles. The van der Waals surface area contributed by atoms with Crippen LogP contribution in [0, 0.1) is 6.92 Å². The molecule has 1 saturated heterocycles. The molecular formula is C12H18ClN3O2. The summed E-state index contributed by atoms with van der Waals surface area (Å²) in [6.45, 7) is 6.78. The summed E-state index contributed by atoms with van der Waals surface area (Å²) in [4.78, 5) is 17.3. The SMILES string of the molecule is Cc1cc(C(=O)O)cnc1N1CCNC(C)C1.Cl. The molecule has 0 aliphatic carbocycles. The second kappa shape index (κ2) is 6.02. The highest BCUT2D eigenvalue weighted by molar-refractivity contribution is 5.87. The van der Waals surface area contributed by atoms with E-state index in [0.29, 0.717) is 6.04 Å². The van der Waals surface area contributed by atoms with Crippen LogP contribution >= 0.6 is 12.4 Å². The molecule has 1 atom stereocenters. The third-order valence-corrected chi connectivity index (χ3v) is 2.97. The molecule has 100 valence electrons. The fraction of sp³-hybridized carbons (Fsp3) is 0.500. The summed E-state index contributed by atoms with van der Waals surface area (Å²) in [5, 5.41) is 12.3. The van der Waals surface area contributed by atoms with E-state index in [1.165, 1.54) is 6.20 Å². The Balaban J connectivity index is 0.00000162. The van der Waals surface area contributed by atoms with E-state index in [9.17, 15) is 4.79 Å². The van der Waals surface area contributed by atoms with Crippen LogP contribution in [0.3, 0.4) is 0 Å². The van der Waals surface area contributed by atoms with Gasteiger partial charge in [0.05, 0.1) is 5.56 Å². The molecule has 0 bridgehead atoms. The highest BCUT2D eigenvalue weighted by Crippen LogP contribution is 2.19. The predicted octanol–water partition coefficient (Wildman–Crippen LogP) is 1.31. The van der Waals surface area contributed by atoms with E-state index in [4.69, 9.17) is 5.11 Å². The third-order valence-electron chi connectivity index (χ3n) is 2.97. The molecule has 1 aromatic heterocycles. The topological polar surface area (TPSA) is 65.5 Å². The molecular weight excluding hydrogens is 254 g/mol. The fourth-order valence-corrected chi connectivity index (χ4v) is 2.14. The number of hydrogen-bond acceptors (Lipinski definition) is 4. The molecule has 0 spiro atoms. The maximum atomic E-state index is 10.8. The van der Waals surface area contributed by atoms with E-state index in [2.05, 4.69) is 22.1 Å². The molecule has 0 radical (unpaired) electrons. The highest BCUT2D eigenvalue weighted by Gasteiger charge is 2.19. The summed E-state index contributed by atoms with van der Waals surface area (Å²) >= 11 is 0. The van der Waals surface area contributed by atoms with Gasteiger partial charge in [0.25, 0.3) is 0 Å². The summed E-state index contributed by atoms with van der Waals surface area (Å²) in [5.74, 6) is -0.0378. The van der Waals surface area contributed by atoms with Gasteiger partial charge in [-0.25, -0.2) is 9.78 Å². The molecule has 0 amide bonds. The van der Waals surface area contributed by atoms with Crippen LogP contribution in [0.2, 0.25) is 0 Å². The van der Waals surface area contributed by atoms with Crippen molar-refractivity contribution in [3.63, 3.8) is 0 Å². The summed E-state index contributed by atoms with van der Waals surface area (Å²) in [7, 11) is 0. The molecule has 1 aliphatic heterocycles. The second-order valence-corrected chi connectivity index (χ2v) is 4.47.